The molecule has 0 spiro atoms. The Hall–Kier alpha value is -1.46. The Morgan fingerprint density at radius 2 is 1.89 bits per heavy atom. The minimum atomic E-state index is -1.03. The third-order valence-corrected chi connectivity index (χ3v) is 3.19. The molecule has 0 fully saturated rings. The first-order chi connectivity index (χ1) is 8.99. The standard InChI is InChI=1S/C14H11BrF2O2/c1-8(18)9-5-6-12(10(15)7-9)19-13-4-2-3-11(16)14(13)17/h2-8,18H,1H3. The van der Waals surface area contributed by atoms with Gasteiger partial charge in [0.25, 0.3) is 0 Å². The molecule has 19 heavy (non-hydrogen) atoms. The van der Waals surface area contributed by atoms with Gasteiger partial charge in [0.1, 0.15) is 5.75 Å². The van der Waals surface area contributed by atoms with Crippen molar-refractivity contribution in [3.8, 4) is 11.5 Å². The maximum Gasteiger partial charge on any atom is 0.201 e. The first kappa shape index (κ1) is 14.0. The van der Waals surface area contributed by atoms with E-state index in [0.29, 0.717) is 15.8 Å². The van der Waals surface area contributed by atoms with E-state index in [1.165, 1.54) is 12.1 Å². The maximum absolute atomic E-state index is 13.5. The van der Waals surface area contributed by atoms with E-state index >= 15 is 0 Å². The van der Waals surface area contributed by atoms with Crippen LogP contribution in [0.3, 0.4) is 0 Å². The Bertz CT molecular complexity index is 600. The molecule has 0 saturated heterocycles. The molecule has 1 N–H and O–H groups in total. The number of ether oxygens (including phenoxy) is 1. The lowest BCUT2D eigenvalue weighted by atomic mass is 10.1. The molecule has 0 aliphatic rings. The molecule has 0 aliphatic carbocycles. The van der Waals surface area contributed by atoms with Gasteiger partial charge >= 0.3 is 0 Å². The van der Waals surface area contributed by atoms with Gasteiger partial charge < -0.3 is 9.84 Å². The molecule has 0 amide bonds. The van der Waals surface area contributed by atoms with Crippen LogP contribution in [-0.2, 0) is 0 Å². The average Bonchev–Trinajstić information content (AvgIpc) is 2.37. The summed E-state index contributed by atoms with van der Waals surface area (Å²) in [5.74, 6) is -1.84. The van der Waals surface area contributed by atoms with Crippen molar-refractivity contribution in [1.29, 1.82) is 0 Å². The van der Waals surface area contributed by atoms with Crippen molar-refractivity contribution in [2.45, 2.75) is 13.0 Å². The fourth-order valence-electron chi connectivity index (χ4n) is 1.54. The summed E-state index contributed by atoms with van der Waals surface area (Å²) in [7, 11) is 0. The summed E-state index contributed by atoms with van der Waals surface area (Å²) < 4.78 is 32.4. The van der Waals surface area contributed by atoms with Crippen molar-refractivity contribution in [2.24, 2.45) is 0 Å². The van der Waals surface area contributed by atoms with E-state index in [9.17, 15) is 13.9 Å². The van der Waals surface area contributed by atoms with Gasteiger partial charge in [-0.3, -0.25) is 0 Å². The first-order valence-corrected chi connectivity index (χ1v) is 6.37. The van der Waals surface area contributed by atoms with Crippen LogP contribution in [0.1, 0.15) is 18.6 Å². The van der Waals surface area contributed by atoms with Crippen LogP contribution in [0.25, 0.3) is 0 Å². The van der Waals surface area contributed by atoms with Crippen LogP contribution in [-0.4, -0.2) is 5.11 Å². The van der Waals surface area contributed by atoms with Gasteiger partial charge in [-0.05, 0) is 52.7 Å². The minimum absolute atomic E-state index is 0.189. The van der Waals surface area contributed by atoms with Crippen molar-refractivity contribution in [1.82, 2.24) is 0 Å². The highest BCUT2D eigenvalue weighted by Gasteiger charge is 2.12. The molecular formula is C14H11BrF2O2. The number of hydrogen-bond donors (Lipinski definition) is 1. The van der Waals surface area contributed by atoms with E-state index in [1.54, 1.807) is 25.1 Å². The number of halogens is 3. The molecule has 2 aromatic carbocycles. The summed E-state index contributed by atoms with van der Waals surface area (Å²) in [4.78, 5) is 0. The van der Waals surface area contributed by atoms with Crippen molar-refractivity contribution in [3.05, 3.63) is 58.1 Å². The molecule has 0 saturated carbocycles. The molecule has 0 radical (unpaired) electrons. The van der Waals surface area contributed by atoms with Gasteiger partial charge in [0.15, 0.2) is 11.6 Å². The molecule has 2 nitrogen and oxygen atoms in total. The number of hydrogen-bond acceptors (Lipinski definition) is 2. The van der Waals surface area contributed by atoms with Crippen LogP contribution in [0, 0.1) is 11.6 Å². The third-order valence-electron chi connectivity index (χ3n) is 2.57. The summed E-state index contributed by atoms with van der Waals surface area (Å²) in [5.41, 5.74) is 0.693. The van der Waals surface area contributed by atoms with Gasteiger partial charge in [-0.1, -0.05) is 12.1 Å². The Labute approximate surface area is 117 Å². The van der Waals surface area contributed by atoms with Gasteiger partial charge in [0.05, 0.1) is 10.6 Å². The van der Waals surface area contributed by atoms with Crippen molar-refractivity contribution < 1.29 is 18.6 Å². The second kappa shape index (κ2) is 5.67. The van der Waals surface area contributed by atoms with E-state index in [2.05, 4.69) is 15.9 Å². The number of rotatable bonds is 3. The largest absolute Gasteiger partial charge is 0.453 e. The van der Waals surface area contributed by atoms with Crippen LogP contribution in [0.5, 0.6) is 11.5 Å². The summed E-state index contributed by atoms with van der Waals surface area (Å²) in [5, 5.41) is 9.44. The predicted molar refractivity (Wildman–Crippen MR) is 71.2 cm³/mol. The third kappa shape index (κ3) is 3.11. The van der Waals surface area contributed by atoms with Crippen LogP contribution in [0.4, 0.5) is 8.78 Å². The van der Waals surface area contributed by atoms with E-state index in [4.69, 9.17) is 4.74 Å². The zero-order valence-corrected chi connectivity index (χ0v) is 11.6. The summed E-state index contributed by atoms with van der Waals surface area (Å²) in [6.07, 6.45) is -0.615. The fourth-order valence-corrected chi connectivity index (χ4v) is 2.02. The Morgan fingerprint density at radius 3 is 2.53 bits per heavy atom. The van der Waals surface area contributed by atoms with Crippen molar-refractivity contribution in [2.75, 3.05) is 0 Å². The highest BCUT2D eigenvalue weighted by atomic mass is 79.9. The van der Waals surface area contributed by atoms with Gasteiger partial charge in [-0.25, -0.2) is 4.39 Å². The van der Waals surface area contributed by atoms with E-state index < -0.39 is 17.7 Å². The lowest BCUT2D eigenvalue weighted by Gasteiger charge is -2.11. The smallest absolute Gasteiger partial charge is 0.201 e. The molecule has 0 aromatic heterocycles. The zero-order valence-electron chi connectivity index (χ0n) is 10.0. The van der Waals surface area contributed by atoms with Crippen LogP contribution < -0.4 is 4.74 Å². The molecule has 0 bridgehead atoms. The van der Waals surface area contributed by atoms with Crippen LogP contribution in [0.2, 0.25) is 0 Å². The van der Waals surface area contributed by atoms with Gasteiger partial charge in [0, 0.05) is 0 Å². The van der Waals surface area contributed by atoms with Crippen molar-refractivity contribution in [3.63, 3.8) is 0 Å². The number of benzene rings is 2. The molecular weight excluding hydrogens is 318 g/mol. The molecule has 0 heterocycles. The first-order valence-electron chi connectivity index (χ1n) is 5.58. The van der Waals surface area contributed by atoms with Gasteiger partial charge in [-0.15, -0.1) is 0 Å². The summed E-state index contributed by atoms with van der Waals surface area (Å²) >= 11 is 3.26. The SMILES string of the molecule is CC(O)c1ccc(Oc2cccc(F)c2F)c(Br)c1. The van der Waals surface area contributed by atoms with E-state index in [1.807, 2.05) is 0 Å². The second-order valence-electron chi connectivity index (χ2n) is 4.02. The predicted octanol–water partition coefficient (Wildman–Crippen LogP) is 4.57. The van der Waals surface area contributed by atoms with Crippen molar-refractivity contribution >= 4 is 15.9 Å². The topological polar surface area (TPSA) is 29.5 Å². The normalized spacial score (nSPS) is 12.3. The molecule has 2 aromatic rings. The highest BCUT2D eigenvalue weighted by Crippen LogP contribution is 2.33. The van der Waals surface area contributed by atoms with Crippen LogP contribution >= 0.6 is 15.9 Å². The second-order valence-corrected chi connectivity index (χ2v) is 4.87. The molecule has 1 atom stereocenters. The molecule has 100 valence electrons. The zero-order chi connectivity index (χ0) is 14.0. The lowest BCUT2D eigenvalue weighted by molar-refractivity contribution is 0.199. The molecule has 1 unspecified atom stereocenters. The average molecular weight is 329 g/mol. The van der Waals surface area contributed by atoms with Gasteiger partial charge in [0.2, 0.25) is 5.82 Å². The maximum atomic E-state index is 13.5. The Balaban J connectivity index is 2.31. The highest BCUT2D eigenvalue weighted by molar-refractivity contribution is 9.10. The minimum Gasteiger partial charge on any atom is -0.453 e. The molecule has 0 aliphatic heterocycles. The Morgan fingerprint density at radius 1 is 1.16 bits per heavy atom. The number of aliphatic hydroxyl groups excluding tert-OH is 1. The van der Waals surface area contributed by atoms with E-state index in [-0.39, 0.29) is 5.75 Å². The fraction of sp³-hybridized carbons (Fsp3) is 0.143. The van der Waals surface area contributed by atoms with Gasteiger partial charge in [-0.2, -0.15) is 4.39 Å². The van der Waals surface area contributed by atoms with Crippen LogP contribution in [0.15, 0.2) is 40.9 Å². The summed E-state index contributed by atoms with van der Waals surface area (Å²) in [6.45, 7) is 1.63. The summed E-state index contributed by atoms with van der Waals surface area (Å²) in [6, 6.07) is 8.63. The molecule has 2 rings (SSSR count). The Kier molecular flexibility index (Phi) is 4.17. The quantitative estimate of drug-likeness (QED) is 0.894. The van der Waals surface area contributed by atoms with E-state index in [0.717, 1.165) is 6.07 Å². The molecule has 5 heteroatoms. The lowest BCUT2D eigenvalue weighted by Crippen LogP contribution is -1.94. The monoisotopic (exact) mass is 328 g/mol. The number of aliphatic hydroxyl groups is 1.